The highest BCUT2D eigenvalue weighted by Gasteiger charge is 2.36. The Morgan fingerprint density at radius 2 is 2.32 bits per heavy atom. The fraction of sp³-hybridized carbons (Fsp3) is 0.643. The first kappa shape index (κ1) is 13.6. The van der Waals surface area contributed by atoms with Crippen LogP contribution in [0.5, 0.6) is 0 Å². The van der Waals surface area contributed by atoms with Gasteiger partial charge in [-0.15, -0.1) is 11.3 Å². The summed E-state index contributed by atoms with van der Waals surface area (Å²) < 4.78 is 1.07. The fourth-order valence-corrected chi connectivity index (χ4v) is 4.70. The zero-order valence-electron chi connectivity index (χ0n) is 11.1. The van der Waals surface area contributed by atoms with Crippen LogP contribution < -0.4 is 5.32 Å². The summed E-state index contributed by atoms with van der Waals surface area (Å²) in [4.78, 5) is 15.6. The predicted molar refractivity (Wildman–Crippen MR) is 81.8 cm³/mol. The van der Waals surface area contributed by atoms with Crippen molar-refractivity contribution >= 4 is 33.2 Å². The highest BCUT2D eigenvalue weighted by atomic mass is 79.9. The monoisotopic (exact) mass is 342 g/mol. The summed E-state index contributed by atoms with van der Waals surface area (Å²) in [5.74, 6) is 0.218. The second-order valence-electron chi connectivity index (χ2n) is 5.48. The second-order valence-corrected chi connectivity index (χ2v) is 7.85. The summed E-state index contributed by atoms with van der Waals surface area (Å²) in [7, 11) is 0. The molecule has 3 nitrogen and oxygen atoms in total. The third-order valence-electron chi connectivity index (χ3n) is 4.19. The molecule has 1 amide bonds. The molecule has 2 unspecified atom stereocenters. The highest BCUT2D eigenvalue weighted by Crippen LogP contribution is 2.31. The largest absolute Gasteiger partial charge is 0.333 e. The van der Waals surface area contributed by atoms with Gasteiger partial charge < -0.3 is 10.2 Å². The Bertz CT molecular complexity index is 462. The summed E-state index contributed by atoms with van der Waals surface area (Å²) in [5.41, 5.74) is 1.16. The van der Waals surface area contributed by atoms with Gasteiger partial charge in [0.1, 0.15) is 0 Å². The van der Waals surface area contributed by atoms with Crippen LogP contribution in [0.15, 0.2) is 9.85 Å². The van der Waals surface area contributed by atoms with Crippen molar-refractivity contribution in [2.24, 2.45) is 0 Å². The molecule has 2 aliphatic heterocycles. The average molecular weight is 343 g/mol. The molecule has 19 heavy (non-hydrogen) atoms. The Morgan fingerprint density at radius 3 is 2.95 bits per heavy atom. The van der Waals surface area contributed by atoms with Crippen LogP contribution in [0.4, 0.5) is 0 Å². The van der Waals surface area contributed by atoms with Crippen LogP contribution >= 0.6 is 27.3 Å². The van der Waals surface area contributed by atoms with Crippen molar-refractivity contribution in [2.45, 2.75) is 44.7 Å². The molecule has 0 spiro atoms. The first-order valence-corrected chi connectivity index (χ1v) is 8.58. The minimum atomic E-state index is 0.218. The molecule has 2 fully saturated rings. The van der Waals surface area contributed by atoms with Crippen LogP contribution in [0.25, 0.3) is 0 Å². The van der Waals surface area contributed by atoms with Crippen LogP contribution in [0, 0.1) is 6.92 Å². The van der Waals surface area contributed by atoms with Crippen LogP contribution in [0.3, 0.4) is 0 Å². The number of rotatable bonds is 2. The minimum Gasteiger partial charge on any atom is -0.333 e. The van der Waals surface area contributed by atoms with Gasteiger partial charge in [-0.05, 0) is 66.7 Å². The lowest BCUT2D eigenvalue weighted by atomic mass is 10.0. The molecule has 1 aromatic rings. The molecule has 3 heterocycles. The number of nitrogens with zero attached hydrogens (tertiary/aromatic N) is 1. The van der Waals surface area contributed by atoms with E-state index in [9.17, 15) is 4.79 Å². The first-order chi connectivity index (χ1) is 9.16. The molecule has 2 aliphatic rings. The number of aryl methyl sites for hydroxylation is 1. The number of carbonyl (C=O) groups is 1. The molecule has 0 saturated carbocycles. The van der Waals surface area contributed by atoms with Crippen molar-refractivity contribution in [2.75, 3.05) is 13.1 Å². The first-order valence-electron chi connectivity index (χ1n) is 6.97. The lowest BCUT2D eigenvalue weighted by Crippen LogP contribution is -2.46. The van der Waals surface area contributed by atoms with Gasteiger partial charge in [-0.1, -0.05) is 0 Å². The van der Waals surface area contributed by atoms with Crippen molar-refractivity contribution in [3.8, 4) is 0 Å². The van der Waals surface area contributed by atoms with Crippen molar-refractivity contribution in [3.05, 3.63) is 20.3 Å². The molecule has 2 atom stereocenters. The summed E-state index contributed by atoms with van der Waals surface area (Å²) >= 11 is 5.07. The van der Waals surface area contributed by atoms with Crippen LogP contribution in [0.2, 0.25) is 0 Å². The second kappa shape index (κ2) is 5.54. The van der Waals surface area contributed by atoms with Gasteiger partial charge >= 0.3 is 0 Å². The van der Waals surface area contributed by atoms with Gasteiger partial charge in [0.2, 0.25) is 0 Å². The maximum atomic E-state index is 12.7. The van der Waals surface area contributed by atoms with Crippen molar-refractivity contribution in [1.29, 1.82) is 0 Å². The molecule has 0 aromatic carbocycles. The zero-order chi connectivity index (χ0) is 13.4. The van der Waals surface area contributed by atoms with Gasteiger partial charge in [0.15, 0.2) is 0 Å². The topological polar surface area (TPSA) is 32.3 Å². The van der Waals surface area contributed by atoms with Crippen molar-refractivity contribution < 1.29 is 4.79 Å². The molecular weight excluding hydrogens is 324 g/mol. The lowest BCUT2D eigenvalue weighted by Gasteiger charge is -2.29. The number of thiophene rings is 1. The minimum absolute atomic E-state index is 0.218. The zero-order valence-corrected chi connectivity index (χ0v) is 13.5. The number of halogens is 1. The third kappa shape index (κ3) is 2.60. The Balaban J connectivity index is 1.78. The number of amides is 1. The number of likely N-dealkylation sites (tertiary alicyclic amines) is 1. The molecule has 1 aromatic heterocycles. The molecule has 104 valence electrons. The summed E-state index contributed by atoms with van der Waals surface area (Å²) in [6.07, 6.45) is 4.74. The van der Waals surface area contributed by atoms with E-state index in [0.717, 1.165) is 40.2 Å². The van der Waals surface area contributed by atoms with Gasteiger partial charge in [-0.3, -0.25) is 4.79 Å². The van der Waals surface area contributed by atoms with Crippen molar-refractivity contribution in [3.63, 3.8) is 0 Å². The smallest absolute Gasteiger partial charge is 0.264 e. The molecule has 0 bridgehead atoms. The van der Waals surface area contributed by atoms with E-state index in [1.165, 1.54) is 12.8 Å². The van der Waals surface area contributed by atoms with E-state index in [1.54, 1.807) is 11.3 Å². The third-order valence-corrected chi connectivity index (χ3v) is 6.32. The summed E-state index contributed by atoms with van der Waals surface area (Å²) in [6, 6.07) is 2.92. The molecule has 1 N–H and O–H groups in total. The van der Waals surface area contributed by atoms with E-state index < -0.39 is 0 Å². The Kier molecular flexibility index (Phi) is 3.96. The van der Waals surface area contributed by atoms with E-state index in [0.29, 0.717) is 12.1 Å². The van der Waals surface area contributed by atoms with Gasteiger partial charge in [-0.2, -0.15) is 0 Å². The predicted octanol–water partition coefficient (Wildman–Crippen LogP) is 3.18. The molecule has 5 heteroatoms. The highest BCUT2D eigenvalue weighted by molar-refractivity contribution is 9.11. The maximum Gasteiger partial charge on any atom is 0.264 e. The summed E-state index contributed by atoms with van der Waals surface area (Å²) in [5, 5.41) is 3.55. The molecule has 0 aliphatic carbocycles. The standard InChI is InChI=1S/C14H19BrN2OS/c1-9-8-12(19-13(9)15)14(18)17-7-3-5-11(17)10-4-2-6-16-10/h8,10-11,16H,2-7H2,1H3. The molecule has 2 saturated heterocycles. The Labute approximate surface area is 126 Å². The quantitative estimate of drug-likeness (QED) is 0.895. The Hall–Kier alpha value is -0.390. The molecule has 0 radical (unpaired) electrons. The number of carbonyl (C=O) groups excluding carboxylic acids is 1. The van der Waals surface area contributed by atoms with Crippen LogP contribution in [-0.2, 0) is 0 Å². The number of hydrogen-bond acceptors (Lipinski definition) is 3. The molecular formula is C14H19BrN2OS. The van der Waals surface area contributed by atoms with Crippen LogP contribution in [-0.4, -0.2) is 36.0 Å². The lowest BCUT2D eigenvalue weighted by molar-refractivity contribution is 0.0716. The van der Waals surface area contributed by atoms with Crippen LogP contribution in [0.1, 0.15) is 40.9 Å². The van der Waals surface area contributed by atoms with Gasteiger partial charge in [0.25, 0.3) is 5.91 Å². The van der Waals surface area contributed by atoms with E-state index >= 15 is 0 Å². The Morgan fingerprint density at radius 1 is 1.47 bits per heavy atom. The molecule has 3 rings (SSSR count). The van der Waals surface area contributed by atoms with E-state index in [2.05, 4.69) is 26.1 Å². The fourth-order valence-electron chi connectivity index (χ4n) is 3.21. The number of nitrogens with one attached hydrogen (secondary N) is 1. The average Bonchev–Trinajstić information content (AvgIpc) is 3.09. The van der Waals surface area contributed by atoms with E-state index in [1.807, 2.05) is 13.0 Å². The van der Waals surface area contributed by atoms with Crippen molar-refractivity contribution in [1.82, 2.24) is 10.2 Å². The van der Waals surface area contributed by atoms with Gasteiger partial charge in [-0.25, -0.2) is 0 Å². The SMILES string of the molecule is Cc1cc(C(=O)N2CCCC2C2CCCN2)sc1Br. The van der Waals surface area contributed by atoms with Gasteiger partial charge in [0, 0.05) is 18.6 Å². The normalized spacial score (nSPS) is 27.2. The maximum absolute atomic E-state index is 12.7. The van der Waals surface area contributed by atoms with Gasteiger partial charge in [0.05, 0.1) is 8.66 Å². The van der Waals surface area contributed by atoms with E-state index in [4.69, 9.17) is 0 Å². The summed E-state index contributed by atoms with van der Waals surface area (Å²) in [6.45, 7) is 4.06. The number of hydrogen-bond donors (Lipinski definition) is 1. The van der Waals surface area contributed by atoms with E-state index in [-0.39, 0.29) is 5.91 Å².